The Balaban J connectivity index is 2.83. The number of fused-ring (bicyclic) bond motifs is 1. The monoisotopic (exact) mass is 280 g/mol. The van der Waals surface area contributed by atoms with Crippen molar-refractivity contribution < 1.29 is 4.79 Å². The Labute approximate surface area is 116 Å². The first-order valence-corrected chi connectivity index (χ1v) is 6.48. The van der Waals surface area contributed by atoms with Crippen LogP contribution in [0.5, 0.6) is 0 Å². The molecule has 102 valence electrons. The summed E-state index contributed by atoms with van der Waals surface area (Å²) < 4.78 is 1.72. The van der Waals surface area contributed by atoms with E-state index in [1.165, 1.54) is 0 Å². The smallest absolute Gasteiger partial charge is 0.243 e. The zero-order chi connectivity index (χ0) is 14.4. The maximum Gasteiger partial charge on any atom is 0.243 e. The second kappa shape index (κ2) is 4.49. The number of alkyl halides is 1. The molecule has 0 saturated carbocycles. The van der Waals surface area contributed by atoms with Gasteiger partial charge in [-0.2, -0.15) is 0 Å². The molecule has 0 spiro atoms. The fourth-order valence-corrected chi connectivity index (χ4v) is 2.16. The topological polar surface area (TPSA) is 73.8 Å². The highest BCUT2D eigenvalue weighted by atomic mass is 35.5. The number of nitrogens with two attached hydrogens (primary N) is 1. The lowest BCUT2D eigenvalue weighted by molar-refractivity contribution is -0.125. The van der Waals surface area contributed by atoms with E-state index < -0.39 is 11.4 Å². The molecule has 2 aromatic rings. The van der Waals surface area contributed by atoms with Crippen LogP contribution in [0.3, 0.4) is 0 Å². The van der Waals surface area contributed by atoms with Crippen LogP contribution in [0.15, 0.2) is 12.3 Å². The number of amides is 1. The van der Waals surface area contributed by atoms with E-state index in [0.717, 1.165) is 11.1 Å². The molecular formula is C13H17ClN4O. The quantitative estimate of drug-likeness (QED) is 0.877. The number of nitrogens with zero attached hydrogens (tertiary/aromatic N) is 3. The number of rotatable bonds is 3. The van der Waals surface area contributed by atoms with Crippen LogP contribution >= 0.6 is 11.6 Å². The van der Waals surface area contributed by atoms with Gasteiger partial charge in [0.05, 0.1) is 5.38 Å². The zero-order valence-corrected chi connectivity index (χ0v) is 12.2. The number of aryl methyl sites for hydroxylation is 1. The third kappa shape index (κ3) is 2.18. The predicted molar refractivity (Wildman–Crippen MR) is 75.0 cm³/mol. The molecule has 6 heteroatoms. The van der Waals surface area contributed by atoms with Crippen molar-refractivity contribution in [1.29, 1.82) is 0 Å². The predicted octanol–water partition coefficient (Wildman–Crippen LogP) is 2.26. The van der Waals surface area contributed by atoms with Gasteiger partial charge in [0, 0.05) is 6.20 Å². The highest BCUT2D eigenvalue weighted by Gasteiger charge is 2.33. The summed E-state index contributed by atoms with van der Waals surface area (Å²) >= 11 is 6.17. The minimum atomic E-state index is -0.935. The second-order valence-corrected chi connectivity index (χ2v) is 5.85. The van der Waals surface area contributed by atoms with E-state index in [-0.39, 0.29) is 5.38 Å². The maximum atomic E-state index is 11.7. The molecule has 5 nitrogen and oxygen atoms in total. The maximum absolute atomic E-state index is 11.7. The van der Waals surface area contributed by atoms with Gasteiger partial charge in [-0.3, -0.25) is 9.36 Å². The SMILES string of the molecule is Cc1cnc2c(c1)nc(C(C)Cl)n2C(C)(C)C(N)=O. The molecule has 1 atom stereocenters. The zero-order valence-electron chi connectivity index (χ0n) is 11.4. The van der Waals surface area contributed by atoms with Crippen molar-refractivity contribution in [3.05, 3.63) is 23.7 Å². The summed E-state index contributed by atoms with van der Waals surface area (Å²) in [7, 11) is 0. The van der Waals surface area contributed by atoms with Gasteiger partial charge in [0.15, 0.2) is 5.65 Å². The Morgan fingerprint density at radius 1 is 1.53 bits per heavy atom. The Hall–Kier alpha value is -1.62. The molecule has 19 heavy (non-hydrogen) atoms. The number of pyridine rings is 1. The van der Waals surface area contributed by atoms with Crippen LogP contribution in [0.1, 0.15) is 37.5 Å². The van der Waals surface area contributed by atoms with Crippen LogP contribution in [0.4, 0.5) is 0 Å². The van der Waals surface area contributed by atoms with Gasteiger partial charge < -0.3 is 5.73 Å². The van der Waals surface area contributed by atoms with Crippen LogP contribution in [0.25, 0.3) is 11.2 Å². The molecule has 2 rings (SSSR count). The molecule has 0 aromatic carbocycles. The molecule has 2 heterocycles. The average molecular weight is 281 g/mol. The van der Waals surface area contributed by atoms with E-state index in [1.54, 1.807) is 24.6 Å². The van der Waals surface area contributed by atoms with Crippen LogP contribution in [0, 0.1) is 6.92 Å². The molecule has 0 fully saturated rings. The van der Waals surface area contributed by atoms with Gasteiger partial charge in [-0.05, 0) is 39.3 Å². The number of hydrogen-bond acceptors (Lipinski definition) is 3. The van der Waals surface area contributed by atoms with Gasteiger partial charge in [0.25, 0.3) is 0 Å². The van der Waals surface area contributed by atoms with E-state index in [4.69, 9.17) is 17.3 Å². The fourth-order valence-electron chi connectivity index (χ4n) is 2.01. The lowest BCUT2D eigenvalue weighted by Crippen LogP contribution is -2.42. The third-order valence-corrected chi connectivity index (χ3v) is 3.37. The second-order valence-electron chi connectivity index (χ2n) is 5.20. The van der Waals surface area contributed by atoms with Gasteiger partial charge in [-0.15, -0.1) is 11.6 Å². The van der Waals surface area contributed by atoms with E-state index >= 15 is 0 Å². The van der Waals surface area contributed by atoms with Crippen LogP contribution in [-0.2, 0) is 10.3 Å². The molecule has 0 bridgehead atoms. The molecule has 0 aliphatic carbocycles. The van der Waals surface area contributed by atoms with Gasteiger partial charge in [0.1, 0.15) is 16.9 Å². The highest BCUT2D eigenvalue weighted by molar-refractivity contribution is 6.20. The van der Waals surface area contributed by atoms with E-state index in [0.29, 0.717) is 11.5 Å². The lowest BCUT2D eigenvalue weighted by Gasteiger charge is -2.25. The number of imidazole rings is 1. The normalized spacial score (nSPS) is 13.7. The van der Waals surface area contributed by atoms with Crippen LogP contribution in [-0.4, -0.2) is 20.4 Å². The van der Waals surface area contributed by atoms with Crippen molar-refractivity contribution in [3.8, 4) is 0 Å². The van der Waals surface area contributed by atoms with Crippen molar-refractivity contribution in [2.24, 2.45) is 5.73 Å². The van der Waals surface area contributed by atoms with Crippen LogP contribution < -0.4 is 5.73 Å². The molecular weight excluding hydrogens is 264 g/mol. The molecule has 0 aliphatic rings. The van der Waals surface area contributed by atoms with Gasteiger partial charge in [-0.1, -0.05) is 0 Å². The number of carbonyl (C=O) groups excluding carboxylic acids is 1. The summed E-state index contributed by atoms with van der Waals surface area (Å²) in [6.45, 7) is 7.22. The van der Waals surface area contributed by atoms with Gasteiger partial charge in [0.2, 0.25) is 5.91 Å². The highest BCUT2D eigenvalue weighted by Crippen LogP contribution is 2.30. The van der Waals surface area contributed by atoms with Gasteiger partial charge in [-0.25, -0.2) is 9.97 Å². The van der Waals surface area contributed by atoms with Crippen molar-refractivity contribution >= 4 is 28.7 Å². The minimum absolute atomic E-state index is 0.340. The number of aromatic nitrogens is 3. The molecule has 0 radical (unpaired) electrons. The van der Waals surface area contributed by atoms with Crippen LogP contribution in [0.2, 0.25) is 0 Å². The summed E-state index contributed by atoms with van der Waals surface area (Å²) in [5.41, 5.74) is 6.90. The average Bonchev–Trinajstić information content (AvgIpc) is 2.67. The number of hydrogen-bond donors (Lipinski definition) is 1. The Morgan fingerprint density at radius 3 is 2.68 bits per heavy atom. The van der Waals surface area contributed by atoms with Crippen molar-refractivity contribution in [2.75, 3.05) is 0 Å². The Kier molecular flexibility index (Phi) is 3.26. The molecule has 2 N–H and O–H groups in total. The first kappa shape index (κ1) is 13.8. The van der Waals surface area contributed by atoms with Crippen molar-refractivity contribution in [2.45, 2.75) is 38.6 Å². The number of carbonyl (C=O) groups is 1. The minimum Gasteiger partial charge on any atom is -0.368 e. The summed E-state index contributed by atoms with van der Waals surface area (Å²) in [4.78, 5) is 20.6. The third-order valence-electron chi connectivity index (χ3n) is 3.18. The number of primary amides is 1. The first-order valence-electron chi connectivity index (χ1n) is 6.04. The Morgan fingerprint density at radius 2 is 2.16 bits per heavy atom. The summed E-state index contributed by atoms with van der Waals surface area (Å²) in [5.74, 6) is 0.145. The molecule has 1 unspecified atom stereocenters. The standard InChI is InChI=1S/C13H17ClN4O/c1-7-5-9-11(16-6-7)18(10(17-9)8(2)14)13(3,4)12(15)19/h5-6,8H,1-4H3,(H2,15,19). The molecule has 0 saturated heterocycles. The van der Waals surface area contributed by atoms with Crippen molar-refractivity contribution in [1.82, 2.24) is 14.5 Å². The Bertz CT molecular complexity index is 645. The number of halogens is 1. The van der Waals surface area contributed by atoms with Gasteiger partial charge >= 0.3 is 0 Å². The fraction of sp³-hybridized carbons (Fsp3) is 0.462. The summed E-state index contributed by atoms with van der Waals surface area (Å²) in [6.07, 6.45) is 1.74. The van der Waals surface area contributed by atoms with E-state index in [9.17, 15) is 4.79 Å². The molecule has 2 aromatic heterocycles. The lowest BCUT2D eigenvalue weighted by atomic mass is 10.0. The summed E-state index contributed by atoms with van der Waals surface area (Å²) in [5, 5.41) is -0.340. The van der Waals surface area contributed by atoms with Crippen molar-refractivity contribution in [3.63, 3.8) is 0 Å². The summed E-state index contributed by atoms with van der Waals surface area (Å²) in [6, 6.07) is 1.92. The first-order chi connectivity index (χ1) is 8.75. The molecule has 0 aliphatic heterocycles. The molecule has 1 amide bonds. The largest absolute Gasteiger partial charge is 0.368 e. The van der Waals surface area contributed by atoms with E-state index in [2.05, 4.69) is 9.97 Å². The van der Waals surface area contributed by atoms with E-state index in [1.807, 2.05) is 19.9 Å².